The quantitative estimate of drug-likeness (QED) is 0.602. The van der Waals surface area contributed by atoms with E-state index in [1.807, 2.05) is 0 Å². The molecule has 3 heteroatoms. The van der Waals surface area contributed by atoms with Gasteiger partial charge >= 0.3 is 0 Å². The first-order chi connectivity index (χ1) is 6.19. The minimum atomic E-state index is -0.0107. The first-order valence-electron chi connectivity index (χ1n) is 3.97. The molecule has 1 aromatic carbocycles. The minimum Gasteiger partial charge on any atom is -0.298 e. The molecular weight excluding hydrogens is 232 g/mol. The Morgan fingerprint density at radius 3 is 2.77 bits per heavy atom. The lowest BCUT2D eigenvalue weighted by molar-refractivity contribution is 0.0981. The van der Waals surface area contributed by atoms with Crippen molar-refractivity contribution in [1.29, 1.82) is 0 Å². The SMILES string of the molecule is CCC(=O)c1cc(Br)ccc1C=O. The summed E-state index contributed by atoms with van der Waals surface area (Å²) in [4.78, 5) is 22.0. The van der Waals surface area contributed by atoms with Crippen molar-refractivity contribution in [3.05, 3.63) is 33.8 Å². The van der Waals surface area contributed by atoms with Crippen LogP contribution in [0.1, 0.15) is 34.1 Å². The van der Waals surface area contributed by atoms with Crippen LogP contribution in [0.5, 0.6) is 0 Å². The van der Waals surface area contributed by atoms with E-state index in [1.165, 1.54) is 0 Å². The van der Waals surface area contributed by atoms with E-state index < -0.39 is 0 Å². The summed E-state index contributed by atoms with van der Waals surface area (Å²) in [5, 5.41) is 0. The van der Waals surface area contributed by atoms with Gasteiger partial charge in [-0.3, -0.25) is 9.59 Å². The third-order valence-corrected chi connectivity index (χ3v) is 2.26. The summed E-state index contributed by atoms with van der Waals surface area (Å²) in [5.74, 6) is -0.0107. The van der Waals surface area contributed by atoms with Crippen LogP contribution in [0.3, 0.4) is 0 Å². The van der Waals surface area contributed by atoms with E-state index in [0.29, 0.717) is 23.8 Å². The molecule has 0 saturated heterocycles. The summed E-state index contributed by atoms with van der Waals surface area (Å²) in [6, 6.07) is 5.06. The van der Waals surface area contributed by atoms with Crippen molar-refractivity contribution in [3.8, 4) is 0 Å². The van der Waals surface area contributed by atoms with Gasteiger partial charge < -0.3 is 0 Å². The van der Waals surface area contributed by atoms with Crippen LogP contribution in [0, 0.1) is 0 Å². The number of carbonyl (C=O) groups is 2. The third-order valence-electron chi connectivity index (χ3n) is 1.76. The molecule has 0 spiro atoms. The van der Waals surface area contributed by atoms with Gasteiger partial charge in [0.15, 0.2) is 12.1 Å². The van der Waals surface area contributed by atoms with Crippen molar-refractivity contribution in [3.63, 3.8) is 0 Å². The molecular formula is C10H9BrO2. The summed E-state index contributed by atoms with van der Waals surface area (Å²) < 4.78 is 0.815. The predicted octanol–water partition coefficient (Wildman–Crippen LogP) is 2.85. The second-order valence-electron chi connectivity index (χ2n) is 2.63. The predicted molar refractivity (Wildman–Crippen MR) is 54.2 cm³/mol. The highest BCUT2D eigenvalue weighted by molar-refractivity contribution is 9.10. The largest absolute Gasteiger partial charge is 0.298 e. The Hall–Kier alpha value is -0.960. The topological polar surface area (TPSA) is 34.1 Å². The molecule has 2 nitrogen and oxygen atoms in total. The molecule has 0 N–H and O–H groups in total. The Balaban J connectivity index is 3.23. The van der Waals surface area contributed by atoms with E-state index >= 15 is 0 Å². The Labute approximate surface area is 85.1 Å². The number of Topliss-reactive ketones (excluding diaryl/α,β-unsaturated/α-hetero) is 1. The Morgan fingerprint density at radius 1 is 1.54 bits per heavy atom. The molecule has 13 heavy (non-hydrogen) atoms. The lowest BCUT2D eigenvalue weighted by Gasteiger charge is -2.01. The van der Waals surface area contributed by atoms with Gasteiger partial charge in [0.25, 0.3) is 0 Å². The minimum absolute atomic E-state index is 0.0107. The van der Waals surface area contributed by atoms with Crippen molar-refractivity contribution in [2.24, 2.45) is 0 Å². The Kier molecular flexibility index (Phi) is 3.37. The molecule has 1 aromatic rings. The molecule has 0 saturated carbocycles. The number of rotatable bonds is 3. The number of hydrogen-bond acceptors (Lipinski definition) is 2. The fraction of sp³-hybridized carbons (Fsp3) is 0.200. The molecule has 0 aromatic heterocycles. The van der Waals surface area contributed by atoms with Gasteiger partial charge in [-0.15, -0.1) is 0 Å². The van der Waals surface area contributed by atoms with Crippen LogP contribution in [0.15, 0.2) is 22.7 Å². The molecule has 0 fully saturated rings. The molecule has 0 amide bonds. The number of carbonyl (C=O) groups excluding carboxylic acids is 2. The number of ketones is 1. The van der Waals surface area contributed by atoms with E-state index in [0.717, 1.165) is 4.47 Å². The van der Waals surface area contributed by atoms with Crippen LogP contribution >= 0.6 is 15.9 Å². The molecule has 0 aliphatic carbocycles. The molecule has 0 radical (unpaired) electrons. The second-order valence-corrected chi connectivity index (χ2v) is 3.54. The standard InChI is InChI=1S/C10H9BrO2/c1-2-10(13)9-5-8(11)4-3-7(9)6-12/h3-6H,2H2,1H3. The monoisotopic (exact) mass is 240 g/mol. The van der Waals surface area contributed by atoms with Crippen LogP contribution in [-0.2, 0) is 0 Å². The van der Waals surface area contributed by atoms with Crippen LogP contribution in [0.25, 0.3) is 0 Å². The van der Waals surface area contributed by atoms with Gasteiger partial charge in [-0.25, -0.2) is 0 Å². The third kappa shape index (κ3) is 2.25. The average molecular weight is 241 g/mol. The van der Waals surface area contributed by atoms with Gasteiger partial charge in [0.1, 0.15) is 0 Å². The Morgan fingerprint density at radius 2 is 2.23 bits per heavy atom. The zero-order valence-corrected chi connectivity index (χ0v) is 8.80. The lowest BCUT2D eigenvalue weighted by Crippen LogP contribution is -2.01. The van der Waals surface area contributed by atoms with E-state index in [1.54, 1.807) is 25.1 Å². The highest BCUT2D eigenvalue weighted by Crippen LogP contribution is 2.16. The number of aldehydes is 1. The Bertz CT molecular complexity index is 345. The van der Waals surface area contributed by atoms with Gasteiger partial charge in [0, 0.05) is 22.0 Å². The van der Waals surface area contributed by atoms with E-state index in [-0.39, 0.29) is 5.78 Å². The number of hydrogen-bond donors (Lipinski definition) is 0. The second kappa shape index (κ2) is 4.33. The maximum absolute atomic E-state index is 11.4. The first-order valence-corrected chi connectivity index (χ1v) is 4.76. The molecule has 0 unspecified atom stereocenters. The van der Waals surface area contributed by atoms with Gasteiger partial charge in [-0.2, -0.15) is 0 Å². The summed E-state index contributed by atoms with van der Waals surface area (Å²) in [5.41, 5.74) is 0.946. The van der Waals surface area contributed by atoms with E-state index in [9.17, 15) is 9.59 Å². The van der Waals surface area contributed by atoms with Gasteiger partial charge in [0.05, 0.1) is 0 Å². The van der Waals surface area contributed by atoms with Crippen LogP contribution < -0.4 is 0 Å². The van der Waals surface area contributed by atoms with Crippen molar-refractivity contribution < 1.29 is 9.59 Å². The van der Waals surface area contributed by atoms with Crippen LogP contribution in [0.4, 0.5) is 0 Å². The molecule has 0 atom stereocenters. The van der Waals surface area contributed by atoms with Crippen molar-refractivity contribution in [2.45, 2.75) is 13.3 Å². The van der Waals surface area contributed by atoms with E-state index in [4.69, 9.17) is 0 Å². The van der Waals surface area contributed by atoms with Crippen molar-refractivity contribution in [1.82, 2.24) is 0 Å². The summed E-state index contributed by atoms with van der Waals surface area (Å²) in [7, 11) is 0. The highest BCUT2D eigenvalue weighted by atomic mass is 79.9. The van der Waals surface area contributed by atoms with Crippen LogP contribution in [-0.4, -0.2) is 12.1 Å². The first kappa shape index (κ1) is 10.1. The summed E-state index contributed by atoms with van der Waals surface area (Å²) in [6.45, 7) is 1.78. The van der Waals surface area contributed by atoms with Crippen molar-refractivity contribution >= 4 is 28.0 Å². The zero-order chi connectivity index (χ0) is 9.84. The summed E-state index contributed by atoms with van der Waals surface area (Å²) >= 11 is 3.25. The fourth-order valence-corrected chi connectivity index (χ4v) is 1.42. The molecule has 0 aliphatic heterocycles. The van der Waals surface area contributed by atoms with Gasteiger partial charge in [-0.05, 0) is 18.2 Å². The zero-order valence-electron chi connectivity index (χ0n) is 7.21. The number of halogens is 1. The molecule has 0 heterocycles. The normalized spacial score (nSPS) is 9.69. The van der Waals surface area contributed by atoms with Crippen molar-refractivity contribution in [2.75, 3.05) is 0 Å². The lowest BCUT2D eigenvalue weighted by atomic mass is 10.0. The smallest absolute Gasteiger partial charge is 0.163 e. The van der Waals surface area contributed by atoms with Gasteiger partial charge in [0.2, 0.25) is 0 Å². The average Bonchev–Trinajstić information content (AvgIpc) is 2.16. The molecule has 0 bridgehead atoms. The highest BCUT2D eigenvalue weighted by Gasteiger charge is 2.08. The maximum Gasteiger partial charge on any atom is 0.163 e. The summed E-state index contributed by atoms with van der Waals surface area (Å²) in [6.07, 6.45) is 1.12. The maximum atomic E-state index is 11.4. The van der Waals surface area contributed by atoms with E-state index in [2.05, 4.69) is 15.9 Å². The molecule has 1 rings (SSSR count). The fourth-order valence-electron chi connectivity index (χ4n) is 1.06. The molecule has 68 valence electrons. The number of benzene rings is 1. The van der Waals surface area contributed by atoms with Crippen LogP contribution in [0.2, 0.25) is 0 Å². The van der Waals surface area contributed by atoms with Gasteiger partial charge in [-0.1, -0.05) is 22.9 Å². The molecule has 0 aliphatic rings.